The van der Waals surface area contributed by atoms with Gasteiger partial charge in [-0.1, -0.05) is 117 Å². The number of carbonyl (C=O) groups excluding carboxylic acids is 3. The quantitative estimate of drug-likeness (QED) is 0.0342. The Morgan fingerprint density at radius 1 is 0.366 bits per heavy atom. The van der Waals surface area contributed by atoms with Gasteiger partial charge in [-0.3, -0.25) is 57.2 Å². The van der Waals surface area contributed by atoms with Gasteiger partial charge in [0.05, 0.1) is 33.2 Å². The predicted molar refractivity (Wildman–Crippen MR) is 491 cm³/mol. The number of piperazine rings is 3. The third-order valence-electron chi connectivity index (χ3n) is 23.7. The molecular weight excluding hydrogens is 1730 g/mol. The van der Waals surface area contributed by atoms with Crippen molar-refractivity contribution >= 4 is 103 Å². The zero-order valence-corrected chi connectivity index (χ0v) is 70.1. The zero-order valence-electron chi connectivity index (χ0n) is 70.1. The van der Waals surface area contributed by atoms with Crippen LogP contribution in [-0.2, 0) is 32.9 Å². The number of likely N-dealkylation sites (N-methyl/N-ethyl adjacent to an activating group) is 3. The Morgan fingerprint density at radius 3 is 0.763 bits per heavy atom. The number of para-hydroxylation sites is 3. The molecule has 6 aromatic heterocycles. The number of hydrogen-bond acceptors (Lipinski definition) is 24. The monoisotopic (exact) mass is 1840 g/mol. The first kappa shape index (κ1) is 104. The van der Waals surface area contributed by atoms with E-state index in [2.05, 4.69) is 106 Å². The van der Waals surface area contributed by atoms with Gasteiger partial charge in [0.1, 0.15) is 85.6 Å². The van der Waals surface area contributed by atoms with E-state index in [0.717, 1.165) is 75.7 Å². The summed E-state index contributed by atoms with van der Waals surface area (Å²) in [6.45, 7) is 34.7. The summed E-state index contributed by atoms with van der Waals surface area (Å²) in [5, 5.41) is -0.357. The zero-order chi connectivity index (χ0) is 91.0. The van der Waals surface area contributed by atoms with Crippen LogP contribution in [0, 0.1) is 17.5 Å². The largest absolute Gasteiger partial charge is 0.431 e. The minimum absolute atomic E-state index is 0. The summed E-state index contributed by atoms with van der Waals surface area (Å²) in [6.07, 6.45) is -11.5. The second kappa shape index (κ2) is 42.1. The molecule has 0 spiro atoms. The predicted octanol–water partition coefficient (Wildman–Crippen LogP) is 11.8. The minimum Gasteiger partial charge on any atom is -0.397 e. The van der Waals surface area contributed by atoms with Crippen LogP contribution in [0.3, 0.4) is 0 Å². The van der Waals surface area contributed by atoms with E-state index in [-0.39, 0.29) is 250 Å². The van der Waals surface area contributed by atoms with Gasteiger partial charge in [0, 0.05) is 136 Å². The van der Waals surface area contributed by atoms with Gasteiger partial charge in [0.25, 0.3) is 16.7 Å². The van der Waals surface area contributed by atoms with Crippen molar-refractivity contribution in [1.29, 1.82) is 0 Å². The van der Waals surface area contributed by atoms with Crippen LogP contribution in [0.2, 0.25) is 0 Å². The van der Waals surface area contributed by atoms with Crippen LogP contribution in [0.25, 0.3) is 49.8 Å². The van der Waals surface area contributed by atoms with E-state index in [9.17, 15) is 81.5 Å². The number of benzene rings is 3. The normalized spacial score (nSPS) is 15.7. The van der Waals surface area contributed by atoms with Crippen molar-refractivity contribution < 1.29 is 67.1 Å². The number of rotatable bonds is 21. The number of anilines is 9. The highest BCUT2D eigenvalue weighted by Gasteiger charge is 2.45. The van der Waals surface area contributed by atoms with Crippen molar-refractivity contribution in [2.45, 2.75) is 115 Å². The lowest BCUT2D eigenvalue weighted by Crippen LogP contribution is -2.60. The summed E-state index contributed by atoms with van der Waals surface area (Å²) in [5.41, 5.74) is 6.04. The van der Waals surface area contributed by atoms with Gasteiger partial charge in [-0.25, -0.2) is 28.1 Å². The topological polar surface area (TPSA) is 311 Å². The van der Waals surface area contributed by atoms with Crippen LogP contribution in [0.1, 0.15) is 95.8 Å². The first-order valence-corrected chi connectivity index (χ1v) is 41.2. The standard InChI is InChI=1S/3C28H32F4N8O2.5CH4/c3*1-4-22(41)37-10-12-38(13-11-37)25-18-14-21(28(30,31)32)40(24-19(29)8-7-9-20(24)33)26(42)23(18)34-27(35-25)39-15-17(16-39)36(5-2)6-3;;;;;/h3*4,7-9,14,17H,1,5-6,10-13,15-16,33H2,2-3H3;5*1H4. The van der Waals surface area contributed by atoms with E-state index in [1.807, 2.05) is 14.7 Å². The highest BCUT2D eigenvalue weighted by atomic mass is 19.4. The number of nitrogen functional groups attached to an aromatic ring is 3. The van der Waals surface area contributed by atoms with Gasteiger partial charge in [0.15, 0.2) is 0 Å². The van der Waals surface area contributed by atoms with Gasteiger partial charge < -0.3 is 61.3 Å². The van der Waals surface area contributed by atoms with E-state index < -0.39 is 86.8 Å². The lowest BCUT2D eigenvalue weighted by molar-refractivity contribution is -0.143. The molecule has 12 heterocycles. The second-order valence-corrected chi connectivity index (χ2v) is 30.8. The maximum atomic E-state index is 14.9. The van der Waals surface area contributed by atoms with E-state index in [1.54, 1.807) is 29.4 Å². The van der Waals surface area contributed by atoms with Crippen LogP contribution in [0.4, 0.5) is 105 Å². The molecule has 131 heavy (non-hydrogen) atoms. The summed E-state index contributed by atoms with van der Waals surface area (Å²) >= 11 is 0. The Balaban J connectivity index is 0.000000238. The smallest absolute Gasteiger partial charge is 0.397 e. The maximum Gasteiger partial charge on any atom is 0.431 e. The van der Waals surface area contributed by atoms with Gasteiger partial charge in [0.2, 0.25) is 35.6 Å². The molecule has 3 aromatic carbocycles. The summed E-state index contributed by atoms with van der Waals surface area (Å²) < 4.78 is 176. The molecule has 6 N–H and O–H groups in total. The fourth-order valence-corrected chi connectivity index (χ4v) is 16.8. The number of aromatic nitrogens is 9. The number of pyridine rings is 3. The first-order chi connectivity index (χ1) is 59.9. The lowest BCUT2D eigenvalue weighted by Gasteiger charge is -2.45. The highest BCUT2D eigenvalue weighted by Crippen LogP contribution is 2.42. The number of carbonyl (C=O) groups is 3. The van der Waals surface area contributed by atoms with E-state index in [0.29, 0.717) is 39.3 Å². The molecule has 6 saturated heterocycles. The average molecular weight is 1850 g/mol. The number of fused-ring (bicyclic) bond motifs is 3. The number of nitrogens with two attached hydrogens (primary N) is 3. The average Bonchev–Trinajstić information content (AvgIpc) is 0.737. The molecule has 0 unspecified atom stereocenters. The minimum atomic E-state index is -5.04. The van der Waals surface area contributed by atoms with Crippen LogP contribution in [0.15, 0.2) is 125 Å². The maximum absolute atomic E-state index is 14.9. The number of hydrogen-bond donors (Lipinski definition) is 3. The fourth-order valence-electron chi connectivity index (χ4n) is 16.8. The summed E-state index contributed by atoms with van der Waals surface area (Å²) in [6, 6.07) is 13.3. The fraction of sp³-hybridized carbons (Fsp3) is 0.461. The number of nitrogens with zero attached hydrogens (tertiary/aromatic N) is 21. The molecular formula is C89H116F12N24O6. The molecule has 0 saturated carbocycles. The summed E-state index contributed by atoms with van der Waals surface area (Å²) in [7, 11) is 0. The van der Waals surface area contributed by atoms with Crippen LogP contribution in [-0.4, -0.2) is 266 Å². The molecule has 0 atom stereocenters. The molecule has 9 aromatic rings. The molecule has 3 amide bonds. The van der Waals surface area contributed by atoms with Crippen LogP contribution >= 0.6 is 0 Å². The molecule has 30 nitrogen and oxygen atoms in total. The van der Waals surface area contributed by atoms with E-state index in [4.69, 9.17) is 17.2 Å². The molecule has 15 rings (SSSR count). The molecule has 6 aliphatic heterocycles. The Bertz CT molecular complexity index is 5220. The lowest BCUT2D eigenvalue weighted by atomic mass is 10.1. The van der Waals surface area contributed by atoms with Gasteiger partial charge >= 0.3 is 18.5 Å². The van der Waals surface area contributed by atoms with E-state index in [1.165, 1.54) is 54.6 Å². The van der Waals surface area contributed by atoms with Crippen molar-refractivity contribution in [2.75, 3.05) is 204 Å². The molecule has 0 bridgehead atoms. The molecule has 0 radical (unpaired) electrons. The summed E-state index contributed by atoms with van der Waals surface area (Å²) in [5.74, 6) is -3.00. The highest BCUT2D eigenvalue weighted by molar-refractivity contribution is 5.95. The van der Waals surface area contributed by atoms with Crippen molar-refractivity contribution in [3.05, 3.63) is 176 Å². The molecule has 6 fully saturated rings. The Labute approximate surface area is 752 Å². The van der Waals surface area contributed by atoms with Gasteiger partial charge in [-0.05, 0) is 112 Å². The van der Waals surface area contributed by atoms with Crippen molar-refractivity contribution in [3.8, 4) is 17.1 Å². The number of amides is 3. The Morgan fingerprint density at radius 2 is 0.580 bits per heavy atom. The van der Waals surface area contributed by atoms with Crippen LogP contribution in [0.5, 0.6) is 0 Å². The molecule has 712 valence electrons. The third-order valence-corrected chi connectivity index (χ3v) is 23.7. The van der Waals surface area contributed by atoms with Crippen LogP contribution < -0.4 is 63.3 Å². The molecule has 42 heteroatoms. The second-order valence-electron chi connectivity index (χ2n) is 30.8. The SMILES string of the molecule is C.C.C.C.C.C=CC(=O)N1CCN(c2nc(N3CC(N(CC)CC)C3)nc3c(=O)n(-c4c(N)cccc4F)c(C(F)(F)F)cc23)CC1.C=CC(=O)N1CCN(c2nc(N3CC(N(CC)CC)C3)nc3c(=O)n(-c4c(N)cccc4F)c(C(F)(F)F)cc23)CC1.C=CC(=O)N1CCN(c2nc(N3CC(N(CC)CC)C3)nc3c(=O)n(-c4c(N)cccc4F)c(C(F)(F)F)cc23)CC1. The third kappa shape index (κ3) is 20.6. The Hall–Kier alpha value is -12.6. The van der Waals surface area contributed by atoms with Crippen molar-refractivity contribution in [1.82, 2.24) is 73.0 Å². The van der Waals surface area contributed by atoms with E-state index >= 15 is 0 Å². The number of halogens is 12. The van der Waals surface area contributed by atoms with Gasteiger partial charge in [-0.15, -0.1) is 0 Å². The number of alkyl halides is 9. The Kier molecular flexibility index (Phi) is 33.3. The molecule has 0 aliphatic carbocycles. The van der Waals surface area contributed by atoms with Crippen molar-refractivity contribution in [2.24, 2.45) is 0 Å². The molecule has 6 aliphatic rings. The van der Waals surface area contributed by atoms with Gasteiger partial charge in [-0.2, -0.15) is 54.5 Å². The summed E-state index contributed by atoms with van der Waals surface area (Å²) in [4.78, 5) is 128. The van der Waals surface area contributed by atoms with Crippen molar-refractivity contribution in [3.63, 3.8) is 0 Å². The first-order valence-electron chi connectivity index (χ1n) is 41.2.